The van der Waals surface area contributed by atoms with Crippen LogP contribution in [0, 0.1) is 0 Å². The lowest BCUT2D eigenvalue weighted by Crippen LogP contribution is -2.32. The highest BCUT2D eigenvalue weighted by Crippen LogP contribution is 2.24. The molecule has 0 aliphatic rings. The first-order chi connectivity index (χ1) is 11.0. The number of rotatable bonds is 7. The van der Waals surface area contributed by atoms with Gasteiger partial charge >= 0.3 is 5.97 Å². The predicted molar refractivity (Wildman–Crippen MR) is 90.8 cm³/mol. The van der Waals surface area contributed by atoms with Crippen LogP contribution in [0.1, 0.15) is 11.1 Å². The van der Waals surface area contributed by atoms with Gasteiger partial charge in [-0.3, -0.25) is 4.79 Å². The van der Waals surface area contributed by atoms with E-state index in [0.29, 0.717) is 12.4 Å². The molecule has 2 aromatic rings. The van der Waals surface area contributed by atoms with Gasteiger partial charge in [-0.25, -0.2) is 0 Å². The first-order valence-electron chi connectivity index (χ1n) is 7.02. The quantitative estimate of drug-likeness (QED) is 0.772. The molecule has 5 nitrogen and oxygen atoms in total. The van der Waals surface area contributed by atoms with Gasteiger partial charge in [0.25, 0.3) is 0 Å². The second kappa shape index (κ2) is 7.99. The van der Waals surface area contributed by atoms with Gasteiger partial charge in [0.05, 0.1) is 7.11 Å². The molecule has 122 valence electrons. The zero-order valence-electron chi connectivity index (χ0n) is 12.7. The summed E-state index contributed by atoms with van der Waals surface area (Å²) in [5.74, 6) is 0.398. The second-order valence-electron chi connectivity index (χ2n) is 5.04. The Morgan fingerprint density at radius 2 is 2.09 bits per heavy atom. The van der Waals surface area contributed by atoms with Crippen LogP contribution in [0.5, 0.6) is 11.5 Å². The van der Waals surface area contributed by atoms with Crippen LogP contribution in [0.2, 0.25) is 0 Å². The molecule has 1 atom stereocenters. The largest absolute Gasteiger partial charge is 0.496 e. The smallest absolute Gasteiger partial charge is 0.320 e. The monoisotopic (exact) mass is 379 g/mol. The van der Waals surface area contributed by atoms with Gasteiger partial charge in [0.15, 0.2) is 0 Å². The van der Waals surface area contributed by atoms with E-state index >= 15 is 0 Å². The van der Waals surface area contributed by atoms with Crippen LogP contribution in [0.3, 0.4) is 0 Å². The summed E-state index contributed by atoms with van der Waals surface area (Å²) in [5, 5.41) is 8.91. The van der Waals surface area contributed by atoms with Crippen LogP contribution in [0.4, 0.5) is 0 Å². The van der Waals surface area contributed by atoms with E-state index in [4.69, 9.17) is 20.3 Å². The first-order valence-corrected chi connectivity index (χ1v) is 7.81. The summed E-state index contributed by atoms with van der Waals surface area (Å²) in [6.45, 7) is 0.315. The molecule has 6 heteroatoms. The molecular formula is C17H18BrNO4. The highest BCUT2D eigenvalue weighted by atomic mass is 79.9. The van der Waals surface area contributed by atoms with Gasteiger partial charge in [-0.05, 0) is 42.3 Å². The summed E-state index contributed by atoms with van der Waals surface area (Å²) in [5.41, 5.74) is 7.25. The Morgan fingerprint density at radius 1 is 1.30 bits per heavy atom. The molecule has 0 amide bonds. The molecule has 0 aromatic heterocycles. The lowest BCUT2D eigenvalue weighted by molar-refractivity contribution is -0.138. The van der Waals surface area contributed by atoms with Crippen molar-refractivity contribution in [3.8, 4) is 11.5 Å². The van der Waals surface area contributed by atoms with Gasteiger partial charge < -0.3 is 20.3 Å². The minimum atomic E-state index is -1.02. The van der Waals surface area contributed by atoms with Gasteiger partial charge in [0.1, 0.15) is 24.1 Å². The fourth-order valence-electron chi connectivity index (χ4n) is 2.13. The molecule has 3 N–H and O–H groups in total. The van der Waals surface area contributed by atoms with E-state index < -0.39 is 12.0 Å². The molecule has 0 saturated carbocycles. The molecule has 0 saturated heterocycles. The van der Waals surface area contributed by atoms with Crippen molar-refractivity contribution in [3.05, 3.63) is 58.1 Å². The SMILES string of the molecule is COc1ccc(CC(N)C(=O)O)cc1COc1cccc(Br)c1. The van der Waals surface area contributed by atoms with Crippen LogP contribution < -0.4 is 15.2 Å². The lowest BCUT2D eigenvalue weighted by Gasteiger charge is -2.13. The minimum absolute atomic E-state index is 0.253. The second-order valence-corrected chi connectivity index (χ2v) is 5.96. The van der Waals surface area contributed by atoms with Gasteiger partial charge in [0, 0.05) is 10.0 Å². The fourth-order valence-corrected chi connectivity index (χ4v) is 2.51. The lowest BCUT2D eigenvalue weighted by atomic mass is 10.0. The van der Waals surface area contributed by atoms with E-state index in [-0.39, 0.29) is 6.42 Å². The molecule has 1 unspecified atom stereocenters. The van der Waals surface area contributed by atoms with Gasteiger partial charge in [0.2, 0.25) is 0 Å². The number of benzene rings is 2. The molecule has 0 aliphatic carbocycles. The normalized spacial score (nSPS) is 11.8. The van der Waals surface area contributed by atoms with E-state index in [2.05, 4.69) is 15.9 Å². The highest BCUT2D eigenvalue weighted by molar-refractivity contribution is 9.10. The molecule has 0 spiro atoms. The van der Waals surface area contributed by atoms with Crippen molar-refractivity contribution in [2.75, 3.05) is 7.11 Å². The predicted octanol–water partition coefficient (Wildman–Crippen LogP) is 2.99. The van der Waals surface area contributed by atoms with Crippen LogP contribution in [0.25, 0.3) is 0 Å². The number of halogens is 1. The Kier molecular flexibility index (Phi) is 6.01. The molecule has 0 radical (unpaired) electrons. The number of carbonyl (C=O) groups is 1. The van der Waals surface area contributed by atoms with Crippen molar-refractivity contribution in [2.45, 2.75) is 19.1 Å². The van der Waals surface area contributed by atoms with Crippen molar-refractivity contribution in [2.24, 2.45) is 5.73 Å². The molecule has 0 aliphatic heterocycles. The topological polar surface area (TPSA) is 81.8 Å². The molecule has 2 rings (SSSR count). The molecular weight excluding hydrogens is 362 g/mol. The van der Waals surface area contributed by atoms with E-state index in [0.717, 1.165) is 21.3 Å². The number of aliphatic carboxylic acids is 1. The van der Waals surface area contributed by atoms with Crippen LogP contribution >= 0.6 is 15.9 Å². The van der Waals surface area contributed by atoms with E-state index in [1.54, 1.807) is 13.2 Å². The molecule has 0 fully saturated rings. The maximum Gasteiger partial charge on any atom is 0.320 e. The average molecular weight is 380 g/mol. The minimum Gasteiger partial charge on any atom is -0.496 e. The third-order valence-electron chi connectivity index (χ3n) is 3.31. The third-order valence-corrected chi connectivity index (χ3v) is 3.80. The Bertz CT molecular complexity index is 690. The zero-order valence-corrected chi connectivity index (χ0v) is 14.2. The van der Waals surface area contributed by atoms with E-state index in [9.17, 15) is 4.79 Å². The summed E-state index contributed by atoms with van der Waals surface area (Å²) < 4.78 is 12.0. The van der Waals surface area contributed by atoms with Crippen molar-refractivity contribution in [3.63, 3.8) is 0 Å². The van der Waals surface area contributed by atoms with Crippen molar-refractivity contribution < 1.29 is 19.4 Å². The van der Waals surface area contributed by atoms with Gasteiger partial charge in [-0.1, -0.05) is 28.1 Å². The van der Waals surface area contributed by atoms with E-state index in [1.165, 1.54) is 0 Å². The van der Waals surface area contributed by atoms with Crippen molar-refractivity contribution >= 4 is 21.9 Å². The number of carboxylic acid groups (broad SMARTS) is 1. The highest BCUT2D eigenvalue weighted by Gasteiger charge is 2.14. The Hall–Kier alpha value is -2.05. The summed E-state index contributed by atoms with van der Waals surface area (Å²) >= 11 is 3.39. The maximum absolute atomic E-state index is 10.9. The van der Waals surface area contributed by atoms with E-state index in [1.807, 2.05) is 36.4 Å². The number of hydrogen-bond donors (Lipinski definition) is 2. The molecule has 2 aromatic carbocycles. The Morgan fingerprint density at radius 3 is 2.74 bits per heavy atom. The molecule has 0 bridgehead atoms. The molecule has 0 heterocycles. The Balaban J connectivity index is 2.13. The number of nitrogens with two attached hydrogens (primary N) is 1. The number of methoxy groups -OCH3 is 1. The molecule has 23 heavy (non-hydrogen) atoms. The average Bonchev–Trinajstić information content (AvgIpc) is 2.53. The summed E-state index contributed by atoms with van der Waals surface area (Å²) in [6.07, 6.45) is 0.253. The van der Waals surface area contributed by atoms with Crippen LogP contribution in [-0.2, 0) is 17.8 Å². The summed E-state index contributed by atoms with van der Waals surface area (Å²) in [7, 11) is 1.58. The van der Waals surface area contributed by atoms with Crippen molar-refractivity contribution in [1.29, 1.82) is 0 Å². The summed E-state index contributed by atoms with van der Waals surface area (Å²) in [4.78, 5) is 10.9. The van der Waals surface area contributed by atoms with Crippen molar-refractivity contribution in [1.82, 2.24) is 0 Å². The fraction of sp³-hybridized carbons (Fsp3) is 0.235. The van der Waals surface area contributed by atoms with Crippen LogP contribution in [0.15, 0.2) is 46.9 Å². The summed E-state index contributed by atoms with van der Waals surface area (Å²) in [6, 6.07) is 12.1. The number of ether oxygens (including phenoxy) is 2. The number of carboxylic acids is 1. The third kappa shape index (κ3) is 4.97. The first kappa shape index (κ1) is 17.3. The standard InChI is InChI=1S/C17H18BrNO4/c1-22-16-6-5-11(8-15(19)17(20)21)7-12(16)10-23-14-4-2-3-13(18)9-14/h2-7,9,15H,8,10,19H2,1H3,(H,20,21). The van der Waals surface area contributed by atoms with Gasteiger partial charge in [-0.15, -0.1) is 0 Å². The zero-order chi connectivity index (χ0) is 16.8. The Labute approximate surface area is 143 Å². The maximum atomic E-state index is 10.9. The number of hydrogen-bond acceptors (Lipinski definition) is 4. The van der Waals surface area contributed by atoms with Gasteiger partial charge in [-0.2, -0.15) is 0 Å². The van der Waals surface area contributed by atoms with Crippen LogP contribution in [-0.4, -0.2) is 24.2 Å².